The molecule has 1 amide bonds. The second kappa shape index (κ2) is 7.44. The molecule has 4 rings (SSSR count). The molecule has 1 aromatic rings. The number of para-hydroxylation sites is 1. The van der Waals surface area contributed by atoms with E-state index in [2.05, 4.69) is 26.8 Å². The Bertz CT molecular complexity index is 935. The number of Topliss-reactive ketones (excluding diaryl/α,β-unsaturated/α-hetero) is 1. The first-order chi connectivity index (χ1) is 13.8. The van der Waals surface area contributed by atoms with Crippen LogP contribution < -0.4 is 4.90 Å². The minimum absolute atomic E-state index is 0.0616. The maximum Gasteiger partial charge on any atom is 0.254 e. The first-order valence-corrected chi connectivity index (χ1v) is 10.8. The summed E-state index contributed by atoms with van der Waals surface area (Å²) in [6.45, 7) is 6.88. The van der Waals surface area contributed by atoms with Gasteiger partial charge in [-0.2, -0.15) is 0 Å². The Morgan fingerprint density at radius 3 is 2.55 bits per heavy atom. The molecule has 0 spiro atoms. The van der Waals surface area contributed by atoms with Gasteiger partial charge in [-0.05, 0) is 60.3 Å². The number of rotatable bonds is 3. The summed E-state index contributed by atoms with van der Waals surface area (Å²) >= 11 is 0. The molecule has 3 aliphatic carbocycles. The molecule has 0 bridgehead atoms. The molecule has 0 aromatic heterocycles. The summed E-state index contributed by atoms with van der Waals surface area (Å²) in [6.07, 6.45) is 8.53. The molecule has 1 saturated carbocycles. The summed E-state index contributed by atoms with van der Waals surface area (Å²) in [5.41, 5.74) is 5.75. The van der Waals surface area contributed by atoms with E-state index in [-0.39, 0.29) is 29.4 Å². The van der Waals surface area contributed by atoms with Gasteiger partial charge >= 0.3 is 0 Å². The van der Waals surface area contributed by atoms with Crippen molar-refractivity contribution in [2.24, 2.45) is 17.3 Å². The number of nitrogens with zero attached hydrogens (tertiary/aromatic N) is 1. The Morgan fingerprint density at radius 1 is 1.14 bits per heavy atom. The molecule has 0 aliphatic heterocycles. The van der Waals surface area contributed by atoms with Crippen LogP contribution in [0.5, 0.6) is 0 Å². The van der Waals surface area contributed by atoms with Crippen LogP contribution in [-0.2, 0) is 9.59 Å². The number of amides is 1. The van der Waals surface area contributed by atoms with Crippen LogP contribution in [-0.4, -0.2) is 18.7 Å². The second-order valence-corrected chi connectivity index (χ2v) is 9.36. The highest BCUT2D eigenvalue weighted by Gasteiger charge is 2.46. The standard InChI is InChI=1S/C26H31NO2/c1-17(2)20-12-14-26(3)15-13-21-22(24(20)26)11-10-18(16-23(21)28)25(29)27(4)19-8-6-5-7-9-19/h5-11,17,21H,12-16H2,1-4H3. The van der Waals surface area contributed by atoms with Crippen LogP contribution in [0.1, 0.15) is 52.9 Å². The monoisotopic (exact) mass is 389 g/mol. The summed E-state index contributed by atoms with van der Waals surface area (Å²) in [5.74, 6) is 0.541. The van der Waals surface area contributed by atoms with Crippen molar-refractivity contribution in [2.75, 3.05) is 11.9 Å². The minimum atomic E-state index is -0.0905. The summed E-state index contributed by atoms with van der Waals surface area (Å²) in [7, 11) is 1.78. The number of benzene rings is 1. The van der Waals surface area contributed by atoms with Gasteiger partial charge in [-0.1, -0.05) is 56.7 Å². The number of hydrogen-bond donors (Lipinski definition) is 0. The predicted octanol–water partition coefficient (Wildman–Crippen LogP) is 5.64. The summed E-state index contributed by atoms with van der Waals surface area (Å²) in [5, 5.41) is 0. The fourth-order valence-electron chi connectivity index (χ4n) is 5.43. The van der Waals surface area contributed by atoms with Gasteiger partial charge in [0.15, 0.2) is 0 Å². The molecule has 29 heavy (non-hydrogen) atoms. The largest absolute Gasteiger partial charge is 0.312 e. The van der Waals surface area contributed by atoms with E-state index in [0.29, 0.717) is 11.5 Å². The number of carbonyl (C=O) groups is 2. The zero-order valence-corrected chi connectivity index (χ0v) is 18.0. The van der Waals surface area contributed by atoms with Crippen LogP contribution in [0.2, 0.25) is 0 Å². The van der Waals surface area contributed by atoms with Gasteiger partial charge in [-0.3, -0.25) is 9.59 Å². The lowest BCUT2D eigenvalue weighted by atomic mass is 9.64. The Kier molecular flexibility index (Phi) is 5.10. The van der Waals surface area contributed by atoms with E-state index in [0.717, 1.165) is 24.9 Å². The van der Waals surface area contributed by atoms with Crippen LogP contribution >= 0.6 is 0 Å². The van der Waals surface area contributed by atoms with Crippen molar-refractivity contribution >= 4 is 17.4 Å². The fraction of sp³-hybridized carbons (Fsp3) is 0.462. The Morgan fingerprint density at radius 2 is 1.86 bits per heavy atom. The minimum Gasteiger partial charge on any atom is -0.312 e. The molecule has 0 heterocycles. The Hall–Kier alpha value is -2.42. The molecule has 1 fully saturated rings. The molecular formula is C26H31NO2. The Balaban J connectivity index is 1.72. The van der Waals surface area contributed by atoms with E-state index in [1.165, 1.54) is 23.1 Å². The van der Waals surface area contributed by atoms with Crippen LogP contribution in [0.4, 0.5) is 5.69 Å². The lowest BCUT2D eigenvalue weighted by Crippen LogP contribution is -2.32. The van der Waals surface area contributed by atoms with Gasteiger partial charge in [0, 0.05) is 30.6 Å². The highest BCUT2D eigenvalue weighted by atomic mass is 16.2. The maximum atomic E-state index is 13.2. The van der Waals surface area contributed by atoms with Crippen molar-refractivity contribution in [3.8, 4) is 0 Å². The molecule has 0 radical (unpaired) electrons. The third-order valence-corrected chi connectivity index (χ3v) is 7.16. The smallest absolute Gasteiger partial charge is 0.254 e. The van der Waals surface area contributed by atoms with Gasteiger partial charge in [0.1, 0.15) is 5.78 Å². The van der Waals surface area contributed by atoms with Crippen LogP contribution in [0.3, 0.4) is 0 Å². The van der Waals surface area contributed by atoms with Gasteiger partial charge in [0.05, 0.1) is 0 Å². The van der Waals surface area contributed by atoms with Crippen molar-refractivity contribution in [1.29, 1.82) is 0 Å². The second-order valence-electron chi connectivity index (χ2n) is 9.36. The normalized spacial score (nSPS) is 26.5. The highest BCUT2D eigenvalue weighted by molar-refractivity contribution is 6.09. The van der Waals surface area contributed by atoms with Gasteiger partial charge in [-0.25, -0.2) is 0 Å². The molecule has 2 atom stereocenters. The van der Waals surface area contributed by atoms with Crippen molar-refractivity contribution in [3.05, 3.63) is 64.8 Å². The van der Waals surface area contributed by atoms with Crippen LogP contribution in [0.25, 0.3) is 0 Å². The van der Waals surface area contributed by atoms with Crippen LogP contribution in [0.15, 0.2) is 64.8 Å². The van der Waals surface area contributed by atoms with Gasteiger partial charge in [0.2, 0.25) is 0 Å². The van der Waals surface area contributed by atoms with E-state index in [1.807, 2.05) is 36.4 Å². The van der Waals surface area contributed by atoms with Crippen molar-refractivity contribution in [3.63, 3.8) is 0 Å². The van der Waals surface area contributed by atoms with E-state index in [1.54, 1.807) is 11.9 Å². The van der Waals surface area contributed by atoms with Gasteiger partial charge in [-0.15, -0.1) is 0 Å². The van der Waals surface area contributed by atoms with E-state index in [9.17, 15) is 9.59 Å². The molecule has 3 heteroatoms. The molecular weight excluding hydrogens is 358 g/mol. The first kappa shape index (κ1) is 19.9. The van der Waals surface area contributed by atoms with Crippen LogP contribution in [0, 0.1) is 17.3 Å². The molecule has 1 aromatic carbocycles. The highest BCUT2D eigenvalue weighted by Crippen LogP contribution is 2.57. The summed E-state index contributed by atoms with van der Waals surface area (Å²) < 4.78 is 0. The van der Waals surface area contributed by atoms with E-state index >= 15 is 0 Å². The number of carbonyl (C=O) groups excluding carboxylic acids is 2. The van der Waals surface area contributed by atoms with E-state index in [4.69, 9.17) is 0 Å². The topological polar surface area (TPSA) is 37.4 Å². The lowest BCUT2D eigenvalue weighted by Gasteiger charge is -2.39. The zero-order valence-electron chi connectivity index (χ0n) is 18.0. The summed E-state index contributed by atoms with van der Waals surface area (Å²) in [4.78, 5) is 28.0. The third kappa shape index (κ3) is 3.41. The fourth-order valence-corrected chi connectivity index (χ4v) is 5.43. The molecule has 3 aliphatic rings. The molecule has 0 N–H and O–H groups in total. The molecule has 0 saturated heterocycles. The zero-order chi connectivity index (χ0) is 20.8. The Labute approximate surface area is 174 Å². The predicted molar refractivity (Wildman–Crippen MR) is 118 cm³/mol. The average molecular weight is 390 g/mol. The van der Waals surface area contributed by atoms with Gasteiger partial charge < -0.3 is 4.90 Å². The molecule has 2 unspecified atom stereocenters. The number of likely N-dealkylation sites (N-methyl/N-ethyl adjacent to an activating group) is 1. The molecule has 3 nitrogen and oxygen atoms in total. The van der Waals surface area contributed by atoms with E-state index < -0.39 is 0 Å². The lowest BCUT2D eigenvalue weighted by molar-refractivity contribution is -0.123. The number of fused-ring (bicyclic) bond motifs is 3. The first-order valence-electron chi connectivity index (χ1n) is 10.8. The average Bonchev–Trinajstić information content (AvgIpc) is 2.99. The quantitative estimate of drug-likeness (QED) is 0.671. The number of anilines is 1. The SMILES string of the molecule is CC(C)C1=C2C3=CC=C(C(=O)N(C)c4ccccc4)CC(=O)C3CCC2(C)CC1. The number of hydrogen-bond acceptors (Lipinski definition) is 2. The van der Waals surface area contributed by atoms with Crippen molar-refractivity contribution < 1.29 is 9.59 Å². The van der Waals surface area contributed by atoms with Crippen molar-refractivity contribution in [2.45, 2.75) is 52.9 Å². The number of allylic oxidation sites excluding steroid dienone is 5. The van der Waals surface area contributed by atoms with Gasteiger partial charge in [0.25, 0.3) is 5.91 Å². The number of ketones is 1. The molecule has 152 valence electrons. The van der Waals surface area contributed by atoms with Crippen molar-refractivity contribution in [1.82, 2.24) is 0 Å². The summed E-state index contributed by atoms with van der Waals surface area (Å²) in [6, 6.07) is 9.61. The maximum absolute atomic E-state index is 13.2. The third-order valence-electron chi connectivity index (χ3n) is 7.16.